The van der Waals surface area contributed by atoms with Gasteiger partial charge < -0.3 is 14.4 Å². The Morgan fingerprint density at radius 2 is 1.77 bits per heavy atom. The van der Waals surface area contributed by atoms with Gasteiger partial charge in [-0.3, -0.25) is 19.4 Å². The minimum absolute atomic E-state index is 0.00721. The number of aromatic nitrogens is 2. The number of carbonyl (C=O) groups is 2. The van der Waals surface area contributed by atoms with Gasteiger partial charge in [0.15, 0.2) is 0 Å². The van der Waals surface area contributed by atoms with Crippen molar-refractivity contribution in [2.45, 2.75) is 59.4 Å². The number of ether oxygens (including phenoxy) is 2. The van der Waals surface area contributed by atoms with Crippen molar-refractivity contribution in [3.63, 3.8) is 0 Å². The van der Waals surface area contributed by atoms with Gasteiger partial charge >= 0.3 is 11.8 Å². The largest absolute Gasteiger partial charge is 0.491 e. The number of nitrogens with two attached hydrogens (primary N) is 1. The molecule has 0 fully saturated rings. The van der Waals surface area contributed by atoms with Gasteiger partial charge in [-0.05, 0) is 58.9 Å². The van der Waals surface area contributed by atoms with Crippen LogP contribution in [0.3, 0.4) is 0 Å². The molecule has 1 aromatic carbocycles. The van der Waals surface area contributed by atoms with Crippen LogP contribution in [0, 0.1) is 0 Å². The summed E-state index contributed by atoms with van der Waals surface area (Å²) in [5.41, 5.74) is 2.04. The molecule has 1 aliphatic rings. The number of nitrogen functional groups attached to an aromatic ring is 1. The number of benzene rings is 1. The zero-order valence-corrected chi connectivity index (χ0v) is 18.5. The molecule has 1 aliphatic heterocycles. The molecular weight excluding hydrogens is 402 g/mol. The predicted molar refractivity (Wildman–Crippen MR) is 114 cm³/mol. The average molecular weight is 431 g/mol. The van der Waals surface area contributed by atoms with Crippen molar-refractivity contribution >= 4 is 12.0 Å². The first-order valence-corrected chi connectivity index (χ1v) is 10.1. The molecule has 0 radical (unpaired) electrons. The molecule has 0 saturated carbocycles. The van der Waals surface area contributed by atoms with Gasteiger partial charge in [-0.2, -0.15) is 0 Å². The van der Waals surface area contributed by atoms with E-state index in [4.69, 9.17) is 15.3 Å². The maximum absolute atomic E-state index is 13.2. The van der Waals surface area contributed by atoms with Crippen molar-refractivity contribution in [1.82, 2.24) is 19.5 Å². The Hall–Kier alpha value is -3.27. The van der Waals surface area contributed by atoms with Crippen molar-refractivity contribution in [3.8, 4) is 11.4 Å². The molecule has 2 amide bonds. The van der Waals surface area contributed by atoms with E-state index in [1.807, 2.05) is 13.8 Å². The SMILES string of the molecule is CC(C)Oc1ccc(-n2c(C(=O)NN)c3n(c2=O)CCN(C(=O)OC(C)(C)C)C3)cc1. The smallest absolute Gasteiger partial charge is 0.410 e. The molecule has 10 heteroatoms. The van der Waals surface area contributed by atoms with Gasteiger partial charge in [0.1, 0.15) is 17.0 Å². The number of nitrogens with one attached hydrogen (secondary N) is 1. The van der Waals surface area contributed by atoms with E-state index in [2.05, 4.69) is 5.43 Å². The number of carbonyl (C=O) groups excluding carboxylic acids is 2. The number of rotatable bonds is 4. The van der Waals surface area contributed by atoms with Crippen molar-refractivity contribution in [3.05, 3.63) is 46.1 Å². The molecule has 0 saturated heterocycles. The van der Waals surface area contributed by atoms with Crippen molar-refractivity contribution in [2.75, 3.05) is 6.54 Å². The maximum Gasteiger partial charge on any atom is 0.410 e. The molecule has 1 aromatic heterocycles. The van der Waals surface area contributed by atoms with Gasteiger partial charge in [0.05, 0.1) is 24.0 Å². The van der Waals surface area contributed by atoms with E-state index in [-0.39, 0.29) is 37.1 Å². The van der Waals surface area contributed by atoms with E-state index in [0.29, 0.717) is 17.1 Å². The standard InChI is InChI=1S/C21H29N5O5/c1-13(2)30-15-8-6-14(7-9-15)26-17(18(27)23-22)16-12-24(10-11-25(16)19(26)28)20(29)31-21(3,4)5/h6-9,13H,10-12,22H2,1-5H3,(H,23,27). The van der Waals surface area contributed by atoms with Gasteiger partial charge in [-0.15, -0.1) is 0 Å². The Labute approximate surface area is 180 Å². The molecule has 0 spiro atoms. The molecule has 0 bridgehead atoms. The van der Waals surface area contributed by atoms with Gasteiger partial charge in [0.25, 0.3) is 5.91 Å². The molecule has 3 N–H and O–H groups in total. The molecule has 168 valence electrons. The van der Waals surface area contributed by atoms with Crippen LogP contribution in [0.2, 0.25) is 0 Å². The fraction of sp³-hybridized carbons (Fsp3) is 0.476. The summed E-state index contributed by atoms with van der Waals surface area (Å²) in [7, 11) is 0. The number of fused-ring (bicyclic) bond motifs is 1. The Bertz CT molecular complexity index is 1030. The van der Waals surface area contributed by atoms with Gasteiger partial charge in [0, 0.05) is 13.1 Å². The van der Waals surface area contributed by atoms with Crippen LogP contribution in [-0.2, 0) is 17.8 Å². The summed E-state index contributed by atoms with van der Waals surface area (Å²) in [4.78, 5) is 39.8. The Morgan fingerprint density at radius 1 is 1.13 bits per heavy atom. The monoisotopic (exact) mass is 431 g/mol. The van der Waals surface area contributed by atoms with Crippen LogP contribution in [-0.4, -0.2) is 44.3 Å². The molecule has 10 nitrogen and oxygen atoms in total. The lowest BCUT2D eigenvalue weighted by Gasteiger charge is -2.30. The summed E-state index contributed by atoms with van der Waals surface area (Å²) in [5.74, 6) is 5.42. The number of hydrazine groups is 1. The predicted octanol–water partition coefficient (Wildman–Crippen LogP) is 1.78. The summed E-state index contributed by atoms with van der Waals surface area (Å²) in [5, 5.41) is 0. The topological polar surface area (TPSA) is 121 Å². The first-order valence-electron chi connectivity index (χ1n) is 10.1. The van der Waals surface area contributed by atoms with Crippen LogP contribution < -0.4 is 21.7 Å². The van der Waals surface area contributed by atoms with Crippen LogP contribution in [0.5, 0.6) is 5.75 Å². The van der Waals surface area contributed by atoms with Crippen LogP contribution >= 0.6 is 0 Å². The molecular formula is C21H29N5O5. The lowest BCUT2D eigenvalue weighted by atomic mass is 10.2. The van der Waals surface area contributed by atoms with Crippen LogP contribution in [0.1, 0.15) is 50.8 Å². The lowest BCUT2D eigenvalue weighted by Crippen LogP contribution is -2.43. The highest BCUT2D eigenvalue weighted by Crippen LogP contribution is 2.23. The molecule has 2 aromatic rings. The summed E-state index contributed by atoms with van der Waals surface area (Å²) in [6.45, 7) is 9.75. The number of imidazole rings is 1. The van der Waals surface area contributed by atoms with Crippen LogP contribution in [0.25, 0.3) is 5.69 Å². The summed E-state index contributed by atoms with van der Waals surface area (Å²) in [6, 6.07) is 6.86. The minimum Gasteiger partial charge on any atom is -0.491 e. The summed E-state index contributed by atoms with van der Waals surface area (Å²) in [6.07, 6.45) is -0.499. The Kier molecular flexibility index (Phi) is 6.12. The highest BCUT2D eigenvalue weighted by atomic mass is 16.6. The number of amides is 2. The normalized spacial score (nSPS) is 13.7. The second-order valence-electron chi connectivity index (χ2n) is 8.60. The zero-order chi connectivity index (χ0) is 22.9. The van der Waals surface area contributed by atoms with E-state index >= 15 is 0 Å². The molecule has 3 rings (SSSR count). The molecule has 0 unspecified atom stereocenters. The fourth-order valence-electron chi connectivity index (χ4n) is 3.43. The minimum atomic E-state index is -0.655. The first kappa shape index (κ1) is 22.4. The summed E-state index contributed by atoms with van der Waals surface area (Å²) >= 11 is 0. The second kappa shape index (κ2) is 8.46. The van der Waals surface area contributed by atoms with E-state index < -0.39 is 17.6 Å². The number of nitrogens with zero attached hydrogens (tertiary/aromatic N) is 3. The average Bonchev–Trinajstić information content (AvgIpc) is 2.98. The van der Waals surface area contributed by atoms with Crippen molar-refractivity contribution < 1.29 is 19.1 Å². The highest BCUT2D eigenvalue weighted by molar-refractivity contribution is 5.94. The van der Waals surface area contributed by atoms with Gasteiger partial charge in [-0.25, -0.2) is 15.4 Å². The third kappa shape index (κ3) is 4.74. The van der Waals surface area contributed by atoms with Crippen molar-refractivity contribution in [2.24, 2.45) is 5.84 Å². The Morgan fingerprint density at radius 3 is 2.32 bits per heavy atom. The van der Waals surface area contributed by atoms with E-state index in [9.17, 15) is 14.4 Å². The van der Waals surface area contributed by atoms with Gasteiger partial charge in [0.2, 0.25) is 0 Å². The number of hydrogen-bond acceptors (Lipinski definition) is 6. The van der Waals surface area contributed by atoms with Gasteiger partial charge in [-0.1, -0.05) is 0 Å². The summed E-state index contributed by atoms with van der Waals surface area (Å²) < 4.78 is 13.9. The van der Waals surface area contributed by atoms with Crippen molar-refractivity contribution in [1.29, 1.82) is 0 Å². The number of hydrogen-bond donors (Lipinski definition) is 2. The Balaban J connectivity index is 2.03. The third-order valence-corrected chi connectivity index (χ3v) is 4.64. The maximum atomic E-state index is 13.2. The quantitative estimate of drug-likeness (QED) is 0.432. The van der Waals surface area contributed by atoms with Crippen LogP contribution in [0.15, 0.2) is 29.1 Å². The third-order valence-electron chi connectivity index (χ3n) is 4.64. The van der Waals surface area contributed by atoms with E-state index in [1.54, 1.807) is 45.0 Å². The zero-order valence-electron chi connectivity index (χ0n) is 18.5. The molecule has 0 aliphatic carbocycles. The highest BCUT2D eigenvalue weighted by Gasteiger charge is 2.33. The molecule has 31 heavy (non-hydrogen) atoms. The fourth-order valence-corrected chi connectivity index (χ4v) is 3.43. The lowest BCUT2D eigenvalue weighted by molar-refractivity contribution is 0.0196. The van der Waals surface area contributed by atoms with E-state index in [1.165, 1.54) is 14.0 Å². The van der Waals surface area contributed by atoms with Crippen LogP contribution in [0.4, 0.5) is 4.79 Å². The molecule has 2 heterocycles. The molecule has 0 atom stereocenters. The van der Waals surface area contributed by atoms with E-state index in [0.717, 1.165) is 0 Å². The first-order chi connectivity index (χ1) is 14.5. The second-order valence-corrected chi connectivity index (χ2v) is 8.60.